The number of phenolic OH excluding ortho intramolecular Hbond substituents is 1. The van der Waals surface area contributed by atoms with E-state index in [4.69, 9.17) is 4.74 Å². The third-order valence-electron chi connectivity index (χ3n) is 3.16. The van der Waals surface area contributed by atoms with Gasteiger partial charge in [-0.1, -0.05) is 30.0 Å². The highest BCUT2D eigenvalue weighted by molar-refractivity contribution is 8.04. The number of allylic oxidation sites excluding steroid dienone is 1. The lowest BCUT2D eigenvalue weighted by Crippen LogP contribution is -1.94. The van der Waals surface area contributed by atoms with Crippen molar-refractivity contribution in [3.05, 3.63) is 58.5 Å². The minimum Gasteiger partial charge on any atom is -0.504 e. The third kappa shape index (κ3) is 2.67. The van der Waals surface area contributed by atoms with Crippen LogP contribution in [0, 0.1) is 0 Å². The predicted molar refractivity (Wildman–Crippen MR) is 83.9 cm³/mol. The van der Waals surface area contributed by atoms with E-state index in [9.17, 15) is 9.90 Å². The molecule has 2 aromatic carbocycles. The molecule has 4 heteroatoms. The molecular weight excluding hydrogens is 284 g/mol. The summed E-state index contributed by atoms with van der Waals surface area (Å²) >= 11 is 1.47. The highest BCUT2D eigenvalue weighted by Gasteiger charge is 2.25. The Bertz CT molecular complexity index is 735. The Kier molecular flexibility index (Phi) is 3.71. The zero-order valence-electron chi connectivity index (χ0n) is 11.5. The fraction of sp³-hybridized carbons (Fsp3) is 0.118. The van der Waals surface area contributed by atoms with Gasteiger partial charge in [0.25, 0.3) is 0 Å². The molecule has 3 nitrogen and oxygen atoms in total. The topological polar surface area (TPSA) is 46.5 Å². The molecule has 0 saturated carbocycles. The van der Waals surface area contributed by atoms with E-state index in [1.807, 2.05) is 37.3 Å². The van der Waals surface area contributed by atoms with E-state index in [-0.39, 0.29) is 11.5 Å². The second-order valence-corrected chi connectivity index (χ2v) is 5.68. The van der Waals surface area contributed by atoms with Gasteiger partial charge in [0.1, 0.15) is 0 Å². The highest BCUT2D eigenvalue weighted by atomic mass is 32.2. The molecule has 0 unspecified atom stereocenters. The lowest BCUT2D eigenvalue weighted by atomic mass is 10.1. The van der Waals surface area contributed by atoms with Gasteiger partial charge in [-0.3, -0.25) is 4.79 Å². The number of carbonyl (C=O) groups is 1. The van der Waals surface area contributed by atoms with E-state index in [2.05, 4.69) is 0 Å². The number of ketones is 1. The van der Waals surface area contributed by atoms with Gasteiger partial charge in [-0.05, 0) is 42.8 Å². The summed E-state index contributed by atoms with van der Waals surface area (Å²) in [5.74, 6) is 0.578. The smallest absolute Gasteiger partial charge is 0.200 e. The van der Waals surface area contributed by atoms with Gasteiger partial charge in [0.2, 0.25) is 5.78 Å². The van der Waals surface area contributed by atoms with Crippen molar-refractivity contribution in [1.29, 1.82) is 0 Å². The summed E-state index contributed by atoms with van der Waals surface area (Å²) in [6.07, 6.45) is 1.83. The molecule has 21 heavy (non-hydrogen) atoms. The van der Waals surface area contributed by atoms with Gasteiger partial charge in [0.05, 0.1) is 11.5 Å². The fourth-order valence-corrected chi connectivity index (χ4v) is 3.23. The van der Waals surface area contributed by atoms with Crippen LogP contribution in [0.15, 0.2) is 52.3 Å². The van der Waals surface area contributed by atoms with Crippen molar-refractivity contribution in [1.82, 2.24) is 0 Å². The molecular formula is C17H14O3S. The molecule has 0 aliphatic carbocycles. The number of benzene rings is 2. The van der Waals surface area contributed by atoms with Crippen LogP contribution in [0.25, 0.3) is 6.08 Å². The first-order valence-corrected chi connectivity index (χ1v) is 7.50. The standard InChI is InChI=1S/C17H14O3S/c1-2-20-14-9-11(7-8-13(14)18)10-16-17(19)12-5-3-4-6-15(12)21-16/h3-10,18H,2H2,1H3/b16-10+. The maximum atomic E-state index is 12.3. The molecule has 3 rings (SSSR count). The number of rotatable bonds is 3. The second-order valence-electron chi connectivity index (χ2n) is 4.60. The second kappa shape index (κ2) is 5.66. The highest BCUT2D eigenvalue weighted by Crippen LogP contribution is 2.41. The number of thioether (sulfide) groups is 1. The average Bonchev–Trinajstić information content (AvgIpc) is 2.80. The van der Waals surface area contributed by atoms with Gasteiger partial charge >= 0.3 is 0 Å². The van der Waals surface area contributed by atoms with Crippen molar-refractivity contribution < 1.29 is 14.6 Å². The van der Waals surface area contributed by atoms with Crippen LogP contribution in [-0.4, -0.2) is 17.5 Å². The number of hydrogen-bond acceptors (Lipinski definition) is 4. The lowest BCUT2D eigenvalue weighted by molar-refractivity contribution is 0.104. The van der Waals surface area contributed by atoms with Crippen molar-refractivity contribution >= 4 is 23.6 Å². The van der Waals surface area contributed by atoms with Gasteiger partial charge in [0, 0.05) is 10.5 Å². The van der Waals surface area contributed by atoms with E-state index < -0.39 is 0 Å². The molecule has 0 spiro atoms. The Morgan fingerprint density at radius 3 is 2.81 bits per heavy atom. The number of Topliss-reactive ketones (excluding diaryl/α,β-unsaturated/α-hetero) is 1. The lowest BCUT2D eigenvalue weighted by Gasteiger charge is -2.06. The number of aromatic hydroxyl groups is 1. The Morgan fingerprint density at radius 2 is 2.05 bits per heavy atom. The molecule has 0 radical (unpaired) electrons. The number of phenols is 1. The van der Waals surface area contributed by atoms with Gasteiger partial charge in [0.15, 0.2) is 11.5 Å². The molecule has 2 aromatic rings. The van der Waals surface area contributed by atoms with Crippen molar-refractivity contribution in [2.24, 2.45) is 0 Å². The third-order valence-corrected chi connectivity index (χ3v) is 4.26. The van der Waals surface area contributed by atoms with Crippen molar-refractivity contribution in [2.45, 2.75) is 11.8 Å². The van der Waals surface area contributed by atoms with Crippen LogP contribution in [0.3, 0.4) is 0 Å². The zero-order chi connectivity index (χ0) is 14.8. The van der Waals surface area contributed by atoms with Crippen LogP contribution in [0.5, 0.6) is 11.5 Å². The largest absolute Gasteiger partial charge is 0.504 e. The Morgan fingerprint density at radius 1 is 1.24 bits per heavy atom. The minimum absolute atomic E-state index is 0.0432. The zero-order valence-corrected chi connectivity index (χ0v) is 12.3. The van der Waals surface area contributed by atoms with Crippen LogP contribution in [0.2, 0.25) is 0 Å². The molecule has 1 N–H and O–H groups in total. The van der Waals surface area contributed by atoms with E-state index in [0.717, 1.165) is 16.0 Å². The molecule has 0 fully saturated rings. The average molecular weight is 298 g/mol. The fourth-order valence-electron chi connectivity index (χ4n) is 2.18. The Hall–Kier alpha value is -2.20. The molecule has 106 valence electrons. The van der Waals surface area contributed by atoms with E-state index in [0.29, 0.717) is 17.3 Å². The van der Waals surface area contributed by atoms with Crippen LogP contribution in [0.4, 0.5) is 0 Å². The van der Waals surface area contributed by atoms with Crippen LogP contribution in [-0.2, 0) is 0 Å². The quantitative estimate of drug-likeness (QED) is 0.866. The minimum atomic E-state index is 0.0432. The molecule has 0 amide bonds. The maximum Gasteiger partial charge on any atom is 0.200 e. The molecule has 0 bridgehead atoms. The first-order valence-electron chi connectivity index (χ1n) is 6.68. The molecule has 1 aliphatic rings. The van der Waals surface area contributed by atoms with Crippen molar-refractivity contribution in [3.8, 4) is 11.5 Å². The first-order chi connectivity index (χ1) is 10.2. The van der Waals surface area contributed by atoms with Gasteiger partial charge < -0.3 is 9.84 Å². The van der Waals surface area contributed by atoms with E-state index in [1.165, 1.54) is 11.8 Å². The SMILES string of the molecule is CCOc1cc(/C=C2/Sc3ccccc3C2=O)ccc1O. The van der Waals surface area contributed by atoms with Crippen LogP contribution in [0.1, 0.15) is 22.8 Å². The number of fused-ring (bicyclic) bond motifs is 1. The van der Waals surface area contributed by atoms with E-state index in [1.54, 1.807) is 18.2 Å². The van der Waals surface area contributed by atoms with Gasteiger partial charge in [-0.2, -0.15) is 0 Å². The molecule has 1 aliphatic heterocycles. The Labute approximate surface area is 127 Å². The normalized spacial score (nSPS) is 15.3. The van der Waals surface area contributed by atoms with Crippen LogP contribution < -0.4 is 4.74 Å². The summed E-state index contributed by atoms with van der Waals surface area (Å²) in [4.78, 5) is 14.0. The Balaban J connectivity index is 1.94. The number of carbonyl (C=O) groups excluding carboxylic acids is 1. The number of hydrogen-bond donors (Lipinski definition) is 1. The van der Waals surface area contributed by atoms with Crippen LogP contribution >= 0.6 is 11.8 Å². The van der Waals surface area contributed by atoms with Crippen molar-refractivity contribution in [2.75, 3.05) is 6.61 Å². The van der Waals surface area contributed by atoms with Crippen molar-refractivity contribution in [3.63, 3.8) is 0 Å². The monoisotopic (exact) mass is 298 g/mol. The predicted octanol–water partition coefficient (Wildman–Crippen LogP) is 4.12. The van der Waals surface area contributed by atoms with Gasteiger partial charge in [-0.15, -0.1) is 0 Å². The summed E-state index contributed by atoms with van der Waals surface area (Å²) in [5.41, 5.74) is 1.58. The van der Waals surface area contributed by atoms with Gasteiger partial charge in [-0.25, -0.2) is 0 Å². The molecule has 0 aromatic heterocycles. The summed E-state index contributed by atoms with van der Waals surface area (Å²) in [6.45, 7) is 2.34. The summed E-state index contributed by atoms with van der Waals surface area (Å²) in [7, 11) is 0. The summed E-state index contributed by atoms with van der Waals surface area (Å²) in [6, 6.07) is 12.7. The van der Waals surface area contributed by atoms with E-state index >= 15 is 0 Å². The number of ether oxygens (including phenoxy) is 1. The maximum absolute atomic E-state index is 12.3. The molecule has 0 saturated heterocycles. The molecule has 1 heterocycles. The summed E-state index contributed by atoms with van der Waals surface area (Å²) in [5, 5.41) is 9.70. The first kappa shape index (κ1) is 13.8. The summed E-state index contributed by atoms with van der Waals surface area (Å²) < 4.78 is 5.36. The molecule has 0 atom stereocenters.